The van der Waals surface area contributed by atoms with Crippen LogP contribution in [0.1, 0.15) is 35.1 Å². The fourth-order valence-corrected chi connectivity index (χ4v) is 2.75. The largest absolute Gasteiger partial charge is 0.483 e. The first-order chi connectivity index (χ1) is 11.0. The zero-order chi connectivity index (χ0) is 16.8. The van der Waals surface area contributed by atoms with Crippen LogP contribution in [-0.4, -0.2) is 19.1 Å². The highest BCUT2D eigenvalue weighted by Gasteiger charge is 2.10. The lowest BCUT2D eigenvalue weighted by atomic mass is 10.0. The van der Waals surface area contributed by atoms with Gasteiger partial charge in [-0.15, -0.1) is 0 Å². The van der Waals surface area contributed by atoms with E-state index in [2.05, 4.69) is 43.4 Å². The SMILES string of the molecule is Cc1cc(C)c(OCC(=O)NC[C@@H](C)c2ccccc2)c(C)c1. The molecule has 1 amide bonds. The second-order valence-electron chi connectivity index (χ2n) is 6.13. The van der Waals surface area contributed by atoms with Gasteiger partial charge in [-0.05, 0) is 43.4 Å². The lowest BCUT2D eigenvalue weighted by molar-refractivity contribution is -0.123. The smallest absolute Gasteiger partial charge is 0.257 e. The Balaban J connectivity index is 1.84. The van der Waals surface area contributed by atoms with Gasteiger partial charge in [0.2, 0.25) is 0 Å². The summed E-state index contributed by atoms with van der Waals surface area (Å²) in [6, 6.07) is 14.3. The predicted octanol–water partition coefficient (Wildman–Crippen LogP) is 3.91. The van der Waals surface area contributed by atoms with Crippen molar-refractivity contribution < 1.29 is 9.53 Å². The number of hydrogen-bond acceptors (Lipinski definition) is 2. The summed E-state index contributed by atoms with van der Waals surface area (Å²) < 4.78 is 5.71. The highest BCUT2D eigenvalue weighted by molar-refractivity contribution is 5.77. The molecule has 0 heterocycles. The number of aryl methyl sites for hydroxylation is 3. The Morgan fingerprint density at radius 1 is 1.09 bits per heavy atom. The molecule has 0 aliphatic carbocycles. The standard InChI is InChI=1S/C20H25NO2/c1-14-10-15(2)20(16(3)11-14)23-13-19(22)21-12-17(4)18-8-6-5-7-9-18/h5-11,17H,12-13H2,1-4H3,(H,21,22)/t17-/m1/s1. The number of ether oxygens (including phenoxy) is 1. The molecule has 0 saturated heterocycles. The molecule has 0 bridgehead atoms. The molecule has 2 rings (SSSR count). The molecule has 0 fully saturated rings. The van der Waals surface area contributed by atoms with Gasteiger partial charge >= 0.3 is 0 Å². The normalized spacial score (nSPS) is 11.8. The average Bonchev–Trinajstić information content (AvgIpc) is 2.52. The van der Waals surface area contributed by atoms with Crippen LogP contribution in [-0.2, 0) is 4.79 Å². The number of rotatable bonds is 6. The third-order valence-corrected chi connectivity index (χ3v) is 3.93. The van der Waals surface area contributed by atoms with Crippen LogP contribution in [0.4, 0.5) is 0 Å². The molecule has 0 unspecified atom stereocenters. The summed E-state index contributed by atoms with van der Waals surface area (Å²) in [4.78, 5) is 12.0. The van der Waals surface area contributed by atoms with Crippen LogP contribution in [0, 0.1) is 20.8 Å². The summed E-state index contributed by atoms with van der Waals surface area (Å²) in [6.07, 6.45) is 0. The Labute approximate surface area is 138 Å². The van der Waals surface area contributed by atoms with E-state index in [-0.39, 0.29) is 18.4 Å². The Bertz CT molecular complexity index is 642. The summed E-state index contributed by atoms with van der Waals surface area (Å²) in [5.74, 6) is 0.997. The fraction of sp³-hybridized carbons (Fsp3) is 0.350. The number of amides is 1. The average molecular weight is 311 g/mol. The van der Waals surface area contributed by atoms with Gasteiger partial charge in [0.1, 0.15) is 5.75 Å². The molecule has 1 atom stereocenters. The summed E-state index contributed by atoms with van der Waals surface area (Å²) >= 11 is 0. The maximum atomic E-state index is 12.0. The maximum absolute atomic E-state index is 12.0. The quantitative estimate of drug-likeness (QED) is 0.878. The molecule has 3 heteroatoms. The minimum Gasteiger partial charge on any atom is -0.483 e. The van der Waals surface area contributed by atoms with E-state index in [0.717, 1.165) is 16.9 Å². The van der Waals surface area contributed by atoms with E-state index in [4.69, 9.17) is 4.74 Å². The van der Waals surface area contributed by atoms with Crippen LogP contribution in [0.25, 0.3) is 0 Å². The van der Waals surface area contributed by atoms with Gasteiger partial charge in [0.05, 0.1) is 0 Å². The summed E-state index contributed by atoms with van der Waals surface area (Å²) in [6.45, 7) is 8.83. The van der Waals surface area contributed by atoms with Crippen LogP contribution in [0.2, 0.25) is 0 Å². The molecule has 0 aromatic heterocycles. The van der Waals surface area contributed by atoms with Crippen molar-refractivity contribution in [3.8, 4) is 5.75 Å². The molecule has 2 aromatic rings. The Morgan fingerprint density at radius 2 is 1.70 bits per heavy atom. The van der Waals surface area contributed by atoms with Crippen molar-refractivity contribution in [3.63, 3.8) is 0 Å². The van der Waals surface area contributed by atoms with Gasteiger partial charge in [-0.3, -0.25) is 4.79 Å². The first kappa shape index (κ1) is 17.1. The molecule has 122 valence electrons. The number of hydrogen-bond donors (Lipinski definition) is 1. The molecule has 0 aliphatic heterocycles. The Kier molecular flexibility index (Phi) is 5.80. The van der Waals surface area contributed by atoms with E-state index < -0.39 is 0 Å². The van der Waals surface area contributed by atoms with Crippen LogP contribution >= 0.6 is 0 Å². The van der Waals surface area contributed by atoms with E-state index in [0.29, 0.717) is 6.54 Å². The number of carbonyl (C=O) groups excluding carboxylic acids is 1. The van der Waals surface area contributed by atoms with Crippen molar-refractivity contribution in [3.05, 3.63) is 64.7 Å². The van der Waals surface area contributed by atoms with Gasteiger partial charge in [0.25, 0.3) is 5.91 Å². The summed E-state index contributed by atoms with van der Waals surface area (Å²) in [5, 5.41) is 2.94. The molecule has 0 saturated carbocycles. The maximum Gasteiger partial charge on any atom is 0.257 e. The molecule has 23 heavy (non-hydrogen) atoms. The van der Waals surface area contributed by atoms with Crippen LogP contribution in [0.5, 0.6) is 5.75 Å². The zero-order valence-corrected chi connectivity index (χ0v) is 14.3. The van der Waals surface area contributed by atoms with Crippen molar-refractivity contribution in [2.75, 3.05) is 13.2 Å². The molecule has 1 N–H and O–H groups in total. The highest BCUT2D eigenvalue weighted by Crippen LogP contribution is 2.24. The Morgan fingerprint density at radius 3 is 2.30 bits per heavy atom. The Hall–Kier alpha value is -2.29. The molecule has 0 aliphatic rings. The van der Waals surface area contributed by atoms with E-state index in [1.165, 1.54) is 11.1 Å². The third-order valence-electron chi connectivity index (χ3n) is 3.93. The molecule has 0 radical (unpaired) electrons. The highest BCUT2D eigenvalue weighted by atomic mass is 16.5. The van der Waals surface area contributed by atoms with Gasteiger partial charge in [-0.25, -0.2) is 0 Å². The second-order valence-corrected chi connectivity index (χ2v) is 6.13. The molecule has 0 spiro atoms. The summed E-state index contributed by atoms with van der Waals surface area (Å²) in [5.41, 5.74) is 4.55. The van der Waals surface area contributed by atoms with E-state index in [1.807, 2.05) is 32.0 Å². The van der Waals surface area contributed by atoms with Crippen molar-refractivity contribution in [2.24, 2.45) is 0 Å². The van der Waals surface area contributed by atoms with Gasteiger partial charge in [0.15, 0.2) is 6.61 Å². The number of carbonyl (C=O) groups is 1. The lowest BCUT2D eigenvalue weighted by Crippen LogP contribution is -2.32. The molecular weight excluding hydrogens is 286 g/mol. The molecule has 3 nitrogen and oxygen atoms in total. The molecular formula is C20H25NO2. The van der Waals surface area contributed by atoms with Crippen LogP contribution < -0.4 is 10.1 Å². The minimum absolute atomic E-state index is 0.0479. The van der Waals surface area contributed by atoms with E-state index in [9.17, 15) is 4.79 Å². The van der Waals surface area contributed by atoms with Crippen LogP contribution in [0.3, 0.4) is 0 Å². The van der Waals surface area contributed by atoms with Gasteiger partial charge < -0.3 is 10.1 Å². The number of benzene rings is 2. The second kappa shape index (κ2) is 7.82. The van der Waals surface area contributed by atoms with Crippen LogP contribution in [0.15, 0.2) is 42.5 Å². The topological polar surface area (TPSA) is 38.3 Å². The third kappa shape index (κ3) is 4.85. The van der Waals surface area contributed by atoms with Crippen molar-refractivity contribution in [1.82, 2.24) is 5.32 Å². The fourth-order valence-electron chi connectivity index (χ4n) is 2.75. The van der Waals surface area contributed by atoms with Crippen molar-refractivity contribution >= 4 is 5.91 Å². The molecule has 2 aromatic carbocycles. The van der Waals surface area contributed by atoms with E-state index >= 15 is 0 Å². The predicted molar refractivity (Wildman–Crippen MR) is 94.0 cm³/mol. The monoisotopic (exact) mass is 311 g/mol. The summed E-state index contributed by atoms with van der Waals surface area (Å²) in [7, 11) is 0. The minimum atomic E-state index is -0.0906. The lowest BCUT2D eigenvalue weighted by Gasteiger charge is -2.15. The van der Waals surface area contributed by atoms with Crippen molar-refractivity contribution in [2.45, 2.75) is 33.6 Å². The van der Waals surface area contributed by atoms with Gasteiger partial charge in [-0.2, -0.15) is 0 Å². The van der Waals surface area contributed by atoms with Gasteiger partial charge in [-0.1, -0.05) is 55.0 Å². The first-order valence-electron chi connectivity index (χ1n) is 7.99. The van der Waals surface area contributed by atoms with Crippen molar-refractivity contribution in [1.29, 1.82) is 0 Å². The zero-order valence-electron chi connectivity index (χ0n) is 14.3. The number of nitrogens with one attached hydrogen (secondary N) is 1. The van der Waals surface area contributed by atoms with Gasteiger partial charge in [0, 0.05) is 6.54 Å². The van der Waals surface area contributed by atoms with E-state index in [1.54, 1.807) is 0 Å². The first-order valence-corrected chi connectivity index (χ1v) is 7.99.